The molecule has 0 fully saturated rings. The van der Waals surface area contributed by atoms with Crippen LogP contribution in [0.2, 0.25) is 0 Å². The maximum Gasteiger partial charge on any atom is 0.181 e. The smallest absolute Gasteiger partial charge is 0.181 e. The SMILES string of the molecule is O=S(=O)(C/C=C(\CCl)c1ccccc1)c1ccccc1. The molecule has 0 spiro atoms. The molecule has 20 heavy (non-hydrogen) atoms. The second-order valence-electron chi connectivity index (χ2n) is 4.32. The summed E-state index contributed by atoms with van der Waals surface area (Å²) in [6.07, 6.45) is 1.69. The normalized spacial score (nSPS) is 12.3. The molecule has 0 heterocycles. The maximum absolute atomic E-state index is 12.2. The van der Waals surface area contributed by atoms with Crippen LogP contribution in [0.15, 0.2) is 71.6 Å². The first-order chi connectivity index (χ1) is 9.63. The lowest BCUT2D eigenvalue weighted by molar-refractivity contribution is 0.599. The Hall–Kier alpha value is -1.58. The number of hydrogen-bond acceptors (Lipinski definition) is 2. The molecule has 2 rings (SSSR count). The molecule has 0 aromatic heterocycles. The lowest BCUT2D eigenvalue weighted by atomic mass is 10.1. The molecule has 2 nitrogen and oxygen atoms in total. The third-order valence-corrected chi connectivity index (χ3v) is 4.82. The van der Waals surface area contributed by atoms with E-state index in [0.717, 1.165) is 11.1 Å². The predicted molar refractivity (Wildman–Crippen MR) is 83.6 cm³/mol. The molecular formula is C16H15ClO2S. The van der Waals surface area contributed by atoms with Gasteiger partial charge < -0.3 is 0 Å². The van der Waals surface area contributed by atoms with Crippen LogP contribution in [-0.4, -0.2) is 20.1 Å². The first-order valence-corrected chi connectivity index (χ1v) is 8.40. The summed E-state index contributed by atoms with van der Waals surface area (Å²) >= 11 is 5.91. The van der Waals surface area contributed by atoms with E-state index < -0.39 is 9.84 Å². The van der Waals surface area contributed by atoms with Crippen LogP contribution in [0.3, 0.4) is 0 Å². The fourth-order valence-corrected chi connectivity index (χ4v) is 3.28. The van der Waals surface area contributed by atoms with Crippen molar-refractivity contribution in [1.82, 2.24) is 0 Å². The number of rotatable bonds is 5. The van der Waals surface area contributed by atoms with Crippen molar-refractivity contribution < 1.29 is 8.42 Å². The highest BCUT2D eigenvalue weighted by Gasteiger charge is 2.12. The Morgan fingerprint density at radius 2 is 1.50 bits per heavy atom. The van der Waals surface area contributed by atoms with Crippen LogP contribution in [-0.2, 0) is 9.84 Å². The number of alkyl halides is 1. The number of halogens is 1. The zero-order chi connectivity index (χ0) is 14.4. The highest BCUT2D eigenvalue weighted by molar-refractivity contribution is 7.91. The van der Waals surface area contributed by atoms with Crippen LogP contribution in [0.5, 0.6) is 0 Å². The Kier molecular flexibility index (Phi) is 4.99. The van der Waals surface area contributed by atoms with Crippen molar-refractivity contribution in [3.63, 3.8) is 0 Å². The van der Waals surface area contributed by atoms with Crippen molar-refractivity contribution in [2.45, 2.75) is 4.90 Å². The molecular weight excluding hydrogens is 292 g/mol. The van der Waals surface area contributed by atoms with E-state index in [-0.39, 0.29) is 11.6 Å². The molecule has 0 saturated carbocycles. The van der Waals surface area contributed by atoms with Gasteiger partial charge in [-0.2, -0.15) is 0 Å². The van der Waals surface area contributed by atoms with Crippen molar-refractivity contribution in [2.75, 3.05) is 11.6 Å². The molecule has 0 aliphatic rings. The van der Waals surface area contributed by atoms with Gasteiger partial charge in [-0.05, 0) is 23.3 Å². The van der Waals surface area contributed by atoms with Gasteiger partial charge in [0.2, 0.25) is 0 Å². The van der Waals surface area contributed by atoms with Crippen LogP contribution in [0.4, 0.5) is 0 Å². The molecule has 0 saturated heterocycles. The van der Waals surface area contributed by atoms with Crippen molar-refractivity contribution in [2.24, 2.45) is 0 Å². The summed E-state index contributed by atoms with van der Waals surface area (Å²) < 4.78 is 24.4. The van der Waals surface area contributed by atoms with Crippen molar-refractivity contribution >= 4 is 27.0 Å². The van der Waals surface area contributed by atoms with Gasteiger partial charge in [-0.25, -0.2) is 8.42 Å². The zero-order valence-electron chi connectivity index (χ0n) is 10.9. The average molecular weight is 307 g/mol. The Morgan fingerprint density at radius 3 is 2.05 bits per heavy atom. The van der Waals surface area contributed by atoms with E-state index in [2.05, 4.69) is 0 Å². The van der Waals surface area contributed by atoms with E-state index >= 15 is 0 Å². The fourth-order valence-electron chi connectivity index (χ4n) is 1.84. The predicted octanol–water partition coefficient (Wildman–Crippen LogP) is 3.78. The molecule has 104 valence electrons. The van der Waals surface area contributed by atoms with Gasteiger partial charge in [0.25, 0.3) is 0 Å². The van der Waals surface area contributed by atoms with Gasteiger partial charge in [0.15, 0.2) is 9.84 Å². The highest BCUT2D eigenvalue weighted by atomic mass is 35.5. The summed E-state index contributed by atoms with van der Waals surface area (Å²) in [4.78, 5) is 0.332. The van der Waals surface area contributed by atoms with Crippen molar-refractivity contribution in [3.05, 3.63) is 72.3 Å². The minimum atomic E-state index is -3.31. The molecule has 0 aliphatic heterocycles. The van der Waals surface area contributed by atoms with E-state index in [9.17, 15) is 8.42 Å². The summed E-state index contributed by atoms with van der Waals surface area (Å²) in [5.74, 6) is 0.238. The van der Waals surface area contributed by atoms with Crippen LogP contribution < -0.4 is 0 Å². The zero-order valence-corrected chi connectivity index (χ0v) is 12.4. The molecule has 2 aromatic rings. The number of hydrogen-bond donors (Lipinski definition) is 0. The number of benzene rings is 2. The van der Waals surface area contributed by atoms with Crippen LogP contribution in [0.25, 0.3) is 5.57 Å². The summed E-state index contributed by atoms with van der Waals surface area (Å²) in [5, 5.41) is 0. The second kappa shape index (κ2) is 6.73. The highest BCUT2D eigenvalue weighted by Crippen LogP contribution is 2.17. The summed E-state index contributed by atoms with van der Waals surface area (Å²) in [5.41, 5.74) is 1.78. The topological polar surface area (TPSA) is 34.1 Å². The Balaban J connectivity index is 2.23. The van der Waals surface area contributed by atoms with Gasteiger partial charge in [0.05, 0.1) is 10.6 Å². The van der Waals surface area contributed by atoms with E-state index in [1.54, 1.807) is 36.4 Å². The summed E-state index contributed by atoms with van der Waals surface area (Å²) in [6, 6.07) is 18.0. The van der Waals surface area contributed by atoms with Gasteiger partial charge in [-0.1, -0.05) is 54.6 Å². The lowest BCUT2D eigenvalue weighted by Gasteiger charge is -2.05. The van der Waals surface area contributed by atoms with E-state index in [1.807, 2.05) is 30.3 Å². The van der Waals surface area contributed by atoms with Crippen molar-refractivity contribution in [3.8, 4) is 0 Å². The molecule has 0 amide bonds. The second-order valence-corrected chi connectivity index (χ2v) is 6.62. The first kappa shape index (κ1) is 14.8. The van der Waals surface area contributed by atoms with Gasteiger partial charge >= 0.3 is 0 Å². The fraction of sp³-hybridized carbons (Fsp3) is 0.125. The minimum Gasteiger partial charge on any atom is -0.223 e. The Labute approximate surface area is 124 Å². The van der Waals surface area contributed by atoms with E-state index in [4.69, 9.17) is 11.6 Å². The van der Waals surface area contributed by atoms with Gasteiger partial charge in [-0.15, -0.1) is 11.6 Å². The van der Waals surface area contributed by atoms with Crippen LogP contribution >= 0.6 is 11.6 Å². The minimum absolute atomic E-state index is 0.0477. The molecule has 0 bridgehead atoms. The largest absolute Gasteiger partial charge is 0.223 e. The van der Waals surface area contributed by atoms with Crippen molar-refractivity contribution in [1.29, 1.82) is 0 Å². The molecule has 0 unspecified atom stereocenters. The maximum atomic E-state index is 12.2. The van der Waals surface area contributed by atoms with E-state index in [0.29, 0.717) is 4.90 Å². The third kappa shape index (κ3) is 3.71. The number of allylic oxidation sites excluding steroid dienone is 1. The molecule has 0 N–H and O–H groups in total. The standard InChI is InChI=1S/C16H15ClO2S/c17-13-15(14-7-3-1-4-8-14)11-12-20(18,19)16-9-5-2-6-10-16/h1-11H,12-13H2/b15-11+. The molecule has 4 heteroatoms. The Morgan fingerprint density at radius 1 is 0.950 bits per heavy atom. The lowest BCUT2D eigenvalue weighted by Crippen LogP contribution is -2.05. The summed E-state index contributed by atoms with van der Waals surface area (Å²) in [7, 11) is -3.31. The molecule has 0 atom stereocenters. The van der Waals surface area contributed by atoms with Crippen LogP contribution in [0.1, 0.15) is 5.56 Å². The van der Waals surface area contributed by atoms with Gasteiger partial charge in [-0.3, -0.25) is 0 Å². The monoisotopic (exact) mass is 306 g/mol. The Bertz CT molecular complexity index is 677. The van der Waals surface area contributed by atoms with Gasteiger partial charge in [0, 0.05) is 5.88 Å². The number of sulfone groups is 1. The first-order valence-electron chi connectivity index (χ1n) is 6.22. The summed E-state index contributed by atoms with van der Waals surface area (Å²) in [6.45, 7) is 0. The van der Waals surface area contributed by atoms with Crippen LogP contribution in [0, 0.1) is 0 Å². The quantitative estimate of drug-likeness (QED) is 0.788. The average Bonchev–Trinajstić information content (AvgIpc) is 2.50. The third-order valence-electron chi connectivity index (χ3n) is 2.94. The van der Waals surface area contributed by atoms with Gasteiger partial charge in [0.1, 0.15) is 0 Å². The molecule has 2 aromatic carbocycles. The molecule has 0 aliphatic carbocycles. The van der Waals surface area contributed by atoms with E-state index in [1.165, 1.54) is 0 Å². The molecule has 0 radical (unpaired) electrons.